The summed E-state index contributed by atoms with van der Waals surface area (Å²) < 4.78 is 15.1. The molecule has 0 radical (unpaired) electrons. The maximum absolute atomic E-state index is 13.3. The standard InChI is InChI=1S/C15H14FN3/c1-10-3-2-4-11(7-10)15-13(8-17)19-9-12(16)5-6-14(19)18-15/h2-7,9H,8,17H2,1H3. The highest BCUT2D eigenvalue weighted by molar-refractivity contribution is 5.67. The Morgan fingerprint density at radius 1 is 1.26 bits per heavy atom. The van der Waals surface area contributed by atoms with Crippen LogP contribution >= 0.6 is 0 Å². The van der Waals surface area contributed by atoms with Crippen LogP contribution in [-0.2, 0) is 6.54 Å². The van der Waals surface area contributed by atoms with Gasteiger partial charge in [-0.3, -0.25) is 4.40 Å². The fourth-order valence-electron chi connectivity index (χ4n) is 2.29. The molecule has 1 aromatic carbocycles. The van der Waals surface area contributed by atoms with E-state index in [0.29, 0.717) is 12.2 Å². The van der Waals surface area contributed by atoms with Gasteiger partial charge in [-0.2, -0.15) is 0 Å². The second-order valence-electron chi connectivity index (χ2n) is 4.56. The van der Waals surface area contributed by atoms with E-state index >= 15 is 0 Å². The van der Waals surface area contributed by atoms with Gasteiger partial charge < -0.3 is 5.73 Å². The Bertz CT molecular complexity index is 746. The molecule has 2 heterocycles. The Morgan fingerprint density at radius 3 is 2.84 bits per heavy atom. The number of fused-ring (bicyclic) bond motifs is 1. The van der Waals surface area contributed by atoms with Gasteiger partial charge in [-0.25, -0.2) is 9.37 Å². The number of benzene rings is 1. The summed E-state index contributed by atoms with van der Waals surface area (Å²) >= 11 is 0. The van der Waals surface area contributed by atoms with Gasteiger partial charge in [0.25, 0.3) is 0 Å². The van der Waals surface area contributed by atoms with Crippen LogP contribution in [0.1, 0.15) is 11.3 Å². The average Bonchev–Trinajstić information content (AvgIpc) is 2.76. The molecule has 2 aromatic heterocycles. The normalized spacial score (nSPS) is 11.1. The molecule has 0 bridgehead atoms. The molecule has 4 heteroatoms. The molecule has 0 aliphatic carbocycles. The van der Waals surface area contributed by atoms with Crippen LogP contribution in [0, 0.1) is 12.7 Å². The van der Waals surface area contributed by atoms with Crippen molar-refractivity contribution in [2.24, 2.45) is 5.73 Å². The summed E-state index contributed by atoms with van der Waals surface area (Å²) in [4.78, 5) is 4.55. The van der Waals surface area contributed by atoms with Gasteiger partial charge in [0.05, 0.1) is 11.4 Å². The van der Waals surface area contributed by atoms with Gasteiger partial charge in [0.15, 0.2) is 0 Å². The Morgan fingerprint density at radius 2 is 2.11 bits per heavy atom. The SMILES string of the molecule is Cc1cccc(-c2nc3ccc(F)cn3c2CN)c1. The molecule has 0 saturated heterocycles. The minimum absolute atomic E-state index is 0.296. The average molecular weight is 255 g/mol. The Hall–Kier alpha value is -2.20. The second-order valence-corrected chi connectivity index (χ2v) is 4.56. The number of aryl methyl sites for hydroxylation is 1. The highest BCUT2D eigenvalue weighted by Gasteiger charge is 2.13. The van der Waals surface area contributed by atoms with Gasteiger partial charge in [-0.05, 0) is 25.1 Å². The second kappa shape index (κ2) is 4.48. The van der Waals surface area contributed by atoms with Crippen molar-refractivity contribution in [3.63, 3.8) is 0 Å². The first-order valence-electron chi connectivity index (χ1n) is 6.12. The number of hydrogen-bond acceptors (Lipinski definition) is 2. The number of rotatable bonds is 2. The van der Waals surface area contributed by atoms with Crippen LogP contribution in [0.25, 0.3) is 16.9 Å². The maximum Gasteiger partial charge on any atom is 0.139 e. The highest BCUT2D eigenvalue weighted by Crippen LogP contribution is 2.25. The number of aromatic nitrogens is 2. The Balaban J connectivity index is 2.29. The van der Waals surface area contributed by atoms with Crippen molar-refractivity contribution in [1.82, 2.24) is 9.38 Å². The largest absolute Gasteiger partial charge is 0.325 e. The first-order valence-corrected chi connectivity index (χ1v) is 6.12. The molecular weight excluding hydrogens is 241 g/mol. The smallest absolute Gasteiger partial charge is 0.139 e. The van der Waals surface area contributed by atoms with Crippen molar-refractivity contribution in [3.8, 4) is 11.3 Å². The predicted octanol–water partition coefficient (Wildman–Crippen LogP) is 2.91. The highest BCUT2D eigenvalue weighted by atomic mass is 19.1. The van der Waals surface area contributed by atoms with E-state index in [0.717, 1.165) is 22.5 Å². The number of pyridine rings is 1. The monoisotopic (exact) mass is 255 g/mol. The summed E-state index contributed by atoms with van der Waals surface area (Å²) in [7, 11) is 0. The molecule has 3 nitrogen and oxygen atoms in total. The molecular formula is C15H14FN3. The summed E-state index contributed by atoms with van der Waals surface area (Å²) in [6, 6.07) is 11.1. The molecule has 0 saturated carbocycles. The molecule has 3 rings (SSSR count). The summed E-state index contributed by atoms with van der Waals surface area (Å²) in [5, 5.41) is 0. The topological polar surface area (TPSA) is 43.3 Å². The van der Waals surface area contributed by atoms with Crippen molar-refractivity contribution >= 4 is 5.65 Å². The number of imidazole rings is 1. The van der Waals surface area contributed by atoms with E-state index in [4.69, 9.17) is 5.73 Å². The van der Waals surface area contributed by atoms with Gasteiger partial charge >= 0.3 is 0 Å². The maximum atomic E-state index is 13.3. The fourth-order valence-corrected chi connectivity index (χ4v) is 2.29. The van der Waals surface area contributed by atoms with E-state index in [9.17, 15) is 4.39 Å². The third-order valence-corrected chi connectivity index (χ3v) is 3.17. The molecule has 0 aliphatic heterocycles. The molecule has 0 fully saturated rings. The quantitative estimate of drug-likeness (QED) is 0.765. The van der Waals surface area contributed by atoms with Crippen molar-refractivity contribution in [2.45, 2.75) is 13.5 Å². The van der Waals surface area contributed by atoms with E-state index < -0.39 is 0 Å². The van der Waals surface area contributed by atoms with Crippen LogP contribution in [0.15, 0.2) is 42.6 Å². The van der Waals surface area contributed by atoms with Gasteiger partial charge in [-0.15, -0.1) is 0 Å². The fraction of sp³-hybridized carbons (Fsp3) is 0.133. The van der Waals surface area contributed by atoms with Crippen LogP contribution in [0.3, 0.4) is 0 Å². The molecule has 0 aliphatic rings. The molecule has 0 atom stereocenters. The number of hydrogen-bond donors (Lipinski definition) is 1. The van der Waals surface area contributed by atoms with Crippen LogP contribution in [0.4, 0.5) is 4.39 Å². The van der Waals surface area contributed by atoms with E-state index in [-0.39, 0.29) is 5.82 Å². The van der Waals surface area contributed by atoms with Gasteiger partial charge in [0.2, 0.25) is 0 Å². The van der Waals surface area contributed by atoms with E-state index in [1.54, 1.807) is 10.5 Å². The third-order valence-electron chi connectivity index (χ3n) is 3.17. The van der Waals surface area contributed by atoms with Crippen LogP contribution < -0.4 is 5.73 Å². The van der Waals surface area contributed by atoms with Gasteiger partial charge in [0.1, 0.15) is 11.5 Å². The minimum Gasteiger partial charge on any atom is -0.325 e. The first kappa shape index (κ1) is 11.9. The van der Waals surface area contributed by atoms with Gasteiger partial charge in [0, 0.05) is 18.3 Å². The van der Waals surface area contributed by atoms with Crippen LogP contribution in [0.2, 0.25) is 0 Å². The van der Waals surface area contributed by atoms with Crippen LogP contribution in [0.5, 0.6) is 0 Å². The zero-order valence-electron chi connectivity index (χ0n) is 10.6. The molecule has 0 amide bonds. The lowest BCUT2D eigenvalue weighted by atomic mass is 10.1. The predicted molar refractivity (Wildman–Crippen MR) is 73.2 cm³/mol. The van der Waals surface area contributed by atoms with Gasteiger partial charge in [-0.1, -0.05) is 23.8 Å². The zero-order valence-corrected chi connectivity index (χ0v) is 10.6. The van der Waals surface area contributed by atoms with E-state index in [1.807, 2.05) is 25.1 Å². The first-order chi connectivity index (χ1) is 9.19. The summed E-state index contributed by atoms with van der Waals surface area (Å²) in [5.74, 6) is -0.296. The molecule has 0 spiro atoms. The molecule has 3 aromatic rings. The van der Waals surface area contributed by atoms with E-state index in [2.05, 4.69) is 11.1 Å². The van der Waals surface area contributed by atoms with Crippen molar-refractivity contribution in [2.75, 3.05) is 0 Å². The lowest BCUT2D eigenvalue weighted by molar-refractivity contribution is 0.618. The minimum atomic E-state index is -0.296. The van der Waals surface area contributed by atoms with Crippen molar-refractivity contribution < 1.29 is 4.39 Å². The summed E-state index contributed by atoms with van der Waals surface area (Å²) in [6.45, 7) is 2.34. The van der Waals surface area contributed by atoms with E-state index in [1.165, 1.54) is 12.3 Å². The molecule has 0 unspecified atom stereocenters. The lowest BCUT2D eigenvalue weighted by Gasteiger charge is -2.03. The Kier molecular flexibility index (Phi) is 2.80. The zero-order chi connectivity index (χ0) is 13.4. The molecule has 96 valence electrons. The third kappa shape index (κ3) is 2.00. The summed E-state index contributed by atoms with van der Waals surface area (Å²) in [6.07, 6.45) is 1.42. The van der Waals surface area contributed by atoms with Crippen molar-refractivity contribution in [3.05, 3.63) is 59.7 Å². The molecule has 2 N–H and O–H groups in total. The van der Waals surface area contributed by atoms with Crippen molar-refractivity contribution in [1.29, 1.82) is 0 Å². The number of halogens is 1. The van der Waals surface area contributed by atoms with Crippen LogP contribution in [-0.4, -0.2) is 9.38 Å². The number of nitrogens with two attached hydrogens (primary N) is 1. The Labute approximate surface area is 110 Å². The molecule has 19 heavy (non-hydrogen) atoms. The summed E-state index contributed by atoms with van der Waals surface area (Å²) in [5.41, 5.74) is 10.3. The lowest BCUT2D eigenvalue weighted by Crippen LogP contribution is -2.02. The number of nitrogens with zero attached hydrogens (tertiary/aromatic N) is 2.